The number of aliphatic hydroxyl groups excluding tert-OH is 1. The van der Waals surface area contributed by atoms with Crippen molar-refractivity contribution < 1.29 is 5.11 Å². The molecule has 3 fully saturated rings. The standard InChI is InChI=1S/C14H24O/c1-9-8-11-7-6-10-4-2-3-5-12(10)13(11)14(9)15/h9-15H,2-8H2,1H3. The van der Waals surface area contributed by atoms with Crippen molar-refractivity contribution in [3.8, 4) is 0 Å². The van der Waals surface area contributed by atoms with Gasteiger partial charge in [0.05, 0.1) is 6.10 Å². The maximum atomic E-state index is 10.3. The summed E-state index contributed by atoms with van der Waals surface area (Å²) in [5, 5.41) is 10.3. The highest BCUT2D eigenvalue weighted by atomic mass is 16.3. The van der Waals surface area contributed by atoms with Crippen LogP contribution in [0.3, 0.4) is 0 Å². The average molecular weight is 208 g/mol. The highest BCUT2D eigenvalue weighted by Gasteiger charge is 2.49. The molecule has 6 atom stereocenters. The quantitative estimate of drug-likeness (QED) is 0.648. The third-order valence-corrected chi connectivity index (χ3v) is 5.57. The van der Waals surface area contributed by atoms with Crippen molar-refractivity contribution in [2.45, 2.75) is 58.0 Å². The van der Waals surface area contributed by atoms with Gasteiger partial charge in [-0.05, 0) is 55.3 Å². The van der Waals surface area contributed by atoms with Gasteiger partial charge < -0.3 is 5.11 Å². The van der Waals surface area contributed by atoms with Crippen LogP contribution in [0.1, 0.15) is 51.9 Å². The first-order valence-electron chi connectivity index (χ1n) is 6.95. The zero-order valence-corrected chi connectivity index (χ0v) is 9.86. The predicted molar refractivity (Wildman–Crippen MR) is 61.4 cm³/mol. The van der Waals surface area contributed by atoms with Gasteiger partial charge in [0.15, 0.2) is 0 Å². The van der Waals surface area contributed by atoms with E-state index in [0.29, 0.717) is 11.8 Å². The van der Waals surface area contributed by atoms with Crippen LogP contribution < -0.4 is 0 Å². The molecular weight excluding hydrogens is 184 g/mol. The molecule has 15 heavy (non-hydrogen) atoms. The van der Waals surface area contributed by atoms with E-state index in [-0.39, 0.29) is 6.10 Å². The van der Waals surface area contributed by atoms with Crippen molar-refractivity contribution in [1.29, 1.82) is 0 Å². The van der Waals surface area contributed by atoms with Crippen molar-refractivity contribution in [3.05, 3.63) is 0 Å². The molecule has 86 valence electrons. The van der Waals surface area contributed by atoms with Crippen LogP contribution in [0.2, 0.25) is 0 Å². The Morgan fingerprint density at radius 3 is 2.53 bits per heavy atom. The van der Waals surface area contributed by atoms with Gasteiger partial charge in [-0.1, -0.05) is 26.2 Å². The van der Waals surface area contributed by atoms with E-state index in [4.69, 9.17) is 0 Å². The van der Waals surface area contributed by atoms with Gasteiger partial charge in [0.2, 0.25) is 0 Å². The largest absolute Gasteiger partial charge is 0.393 e. The number of hydrogen-bond acceptors (Lipinski definition) is 1. The second kappa shape index (κ2) is 3.76. The Labute approximate surface area is 93.3 Å². The van der Waals surface area contributed by atoms with Crippen LogP contribution in [0.5, 0.6) is 0 Å². The molecule has 3 rings (SSSR count). The average Bonchev–Trinajstić information content (AvgIpc) is 2.55. The smallest absolute Gasteiger partial charge is 0.0599 e. The van der Waals surface area contributed by atoms with Crippen LogP contribution in [0.4, 0.5) is 0 Å². The van der Waals surface area contributed by atoms with E-state index in [9.17, 15) is 5.11 Å². The van der Waals surface area contributed by atoms with Crippen LogP contribution >= 0.6 is 0 Å². The molecule has 0 radical (unpaired) electrons. The van der Waals surface area contributed by atoms with Crippen molar-refractivity contribution in [1.82, 2.24) is 0 Å². The summed E-state index contributed by atoms with van der Waals surface area (Å²) in [6, 6.07) is 0. The molecule has 3 aliphatic rings. The summed E-state index contributed by atoms with van der Waals surface area (Å²) in [6.07, 6.45) is 9.94. The molecule has 0 spiro atoms. The van der Waals surface area contributed by atoms with Gasteiger partial charge in [-0.3, -0.25) is 0 Å². The summed E-state index contributed by atoms with van der Waals surface area (Å²) >= 11 is 0. The molecule has 0 aromatic carbocycles. The molecule has 0 saturated heterocycles. The fourth-order valence-corrected chi connectivity index (χ4v) is 4.88. The molecule has 3 saturated carbocycles. The molecule has 0 heterocycles. The van der Waals surface area contributed by atoms with E-state index in [1.807, 2.05) is 0 Å². The van der Waals surface area contributed by atoms with Crippen LogP contribution in [-0.4, -0.2) is 11.2 Å². The van der Waals surface area contributed by atoms with Gasteiger partial charge in [0.1, 0.15) is 0 Å². The molecule has 3 aliphatic carbocycles. The van der Waals surface area contributed by atoms with Crippen molar-refractivity contribution in [3.63, 3.8) is 0 Å². The third-order valence-electron chi connectivity index (χ3n) is 5.57. The Morgan fingerprint density at radius 1 is 0.933 bits per heavy atom. The van der Waals surface area contributed by atoms with Gasteiger partial charge in [0, 0.05) is 0 Å². The summed E-state index contributed by atoms with van der Waals surface area (Å²) in [5.74, 6) is 3.98. The Kier molecular flexibility index (Phi) is 2.54. The lowest BCUT2D eigenvalue weighted by atomic mass is 9.62. The monoisotopic (exact) mass is 208 g/mol. The lowest BCUT2D eigenvalue weighted by Crippen LogP contribution is -2.39. The Bertz CT molecular complexity index is 237. The molecule has 1 heteroatoms. The Morgan fingerprint density at radius 2 is 1.67 bits per heavy atom. The maximum Gasteiger partial charge on any atom is 0.0599 e. The van der Waals surface area contributed by atoms with E-state index in [1.165, 1.54) is 44.9 Å². The second-order valence-electron chi connectivity index (χ2n) is 6.33. The van der Waals surface area contributed by atoms with Crippen LogP contribution in [-0.2, 0) is 0 Å². The number of hydrogen-bond donors (Lipinski definition) is 1. The van der Waals surface area contributed by atoms with Crippen molar-refractivity contribution >= 4 is 0 Å². The van der Waals surface area contributed by atoms with E-state index in [1.54, 1.807) is 0 Å². The Hall–Kier alpha value is -0.0400. The summed E-state index contributed by atoms with van der Waals surface area (Å²) in [7, 11) is 0. The molecular formula is C14H24O. The van der Waals surface area contributed by atoms with Gasteiger partial charge in [-0.25, -0.2) is 0 Å². The lowest BCUT2D eigenvalue weighted by molar-refractivity contribution is -0.00580. The first-order valence-corrected chi connectivity index (χ1v) is 6.95. The fourth-order valence-electron chi connectivity index (χ4n) is 4.88. The molecule has 0 amide bonds. The van der Waals surface area contributed by atoms with E-state index in [0.717, 1.165) is 17.8 Å². The highest BCUT2D eigenvalue weighted by Crippen LogP contribution is 2.53. The zero-order valence-electron chi connectivity index (χ0n) is 9.86. The highest BCUT2D eigenvalue weighted by molar-refractivity contribution is 4.98. The van der Waals surface area contributed by atoms with Gasteiger partial charge >= 0.3 is 0 Å². The zero-order chi connectivity index (χ0) is 10.4. The molecule has 6 unspecified atom stereocenters. The number of aliphatic hydroxyl groups is 1. The molecule has 1 nitrogen and oxygen atoms in total. The first kappa shape index (κ1) is 10.1. The minimum Gasteiger partial charge on any atom is -0.393 e. The Balaban J connectivity index is 1.81. The van der Waals surface area contributed by atoms with Gasteiger partial charge in [-0.15, -0.1) is 0 Å². The minimum atomic E-state index is 0.0286. The minimum absolute atomic E-state index is 0.0286. The topological polar surface area (TPSA) is 20.2 Å². The third kappa shape index (κ3) is 1.54. The molecule has 0 aromatic heterocycles. The number of rotatable bonds is 0. The van der Waals surface area contributed by atoms with Crippen LogP contribution in [0.25, 0.3) is 0 Å². The van der Waals surface area contributed by atoms with Crippen molar-refractivity contribution in [2.75, 3.05) is 0 Å². The summed E-state index contributed by atoms with van der Waals surface area (Å²) in [5.41, 5.74) is 0. The van der Waals surface area contributed by atoms with Gasteiger partial charge in [0.25, 0.3) is 0 Å². The van der Waals surface area contributed by atoms with Crippen LogP contribution in [0.15, 0.2) is 0 Å². The first-order chi connectivity index (χ1) is 7.27. The summed E-state index contributed by atoms with van der Waals surface area (Å²) < 4.78 is 0. The van der Waals surface area contributed by atoms with Gasteiger partial charge in [-0.2, -0.15) is 0 Å². The van der Waals surface area contributed by atoms with E-state index in [2.05, 4.69) is 6.92 Å². The van der Waals surface area contributed by atoms with E-state index >= 15 is 0 Å². The lowest BCUT2D eigenvalue weighted by Gasteiger charge is -2.44. The SMILES string of the molecule is CC1CC2CCC3CCCCC3C2C1O. The molecule has 0 aliphatic heterocycles. The normalized spacial score (nSPS) is 54.8. The summed E-state index contributed by atoms with van der Waals surface area (Å²) in [4.78, 5) is 0. The maximum absolute atomic E-state index is 10.3. The summed E-state index contributed by atoms with van der Waals surface area (Å²) in [6.45, 7) is 2.25. The molecule has 0 bridgehead atoms. The molecule has 0 aromatic rings. The predicted octanol–water partition coefficient (Wildman–Crippen LogP) is 3.22. The second-order valence-corrected chi connectivity index (χ2v) is 6.33. The fraction of sp³-hybridized carbons (Fsp3) is 1.00. The molecule has 1 N–H and O–H groups in total. The van der Waals surface area contributed by atoms with Crippen molar-refractivity contribution in [2.24, 2.45) is 29.6 Å². The number of fused-ring (bicyclic) bond motifs is 3. The van der Waals surface area contributed by atoms with Crippen LogP contribution in [0, 0.1) is 29.6 Å². The van der Waals surface area contributed by atoms with E-state index < -0.39 is 0 Å².